The second-order valence-corrected chi connectivity index (χ2v) is 6.22. The quantitative estimate of drug-likeness (QED) is 0.672. The summed E-state index contributed by atoms with van der Waals surface area (Å²) < 4.78 is 0. The molecule has 1 aliphatic carbocycles. The molecule has 0 aromatic carbocycles. The second kappa shape index (κ2) is 4.22. The lowest BCUT2D eigenvalue weighted by Crippen LogP contribution is -2.49. The van der Waals surface area contributed by atoms with E-state index >= 15 is 0 Å². The van der Waals surface area contributed by atoms with Crippen LogP contribution < -0.4 is 5.32 Å². The first kappa shape index (κ1) is 10.9. The van der Waals surface area contributed by atoms with E-state index in [1.165, 1.54) is 6.42 Å². The number of nitrogens with one attached hydrogen (secondary N) is 1. The maximum Gasteiger partial charge on any atom is 0.226 e. The number of nitrogens with zero attached hydrogens (tertiary/aromatic N) is 1. The molecular formula is C12H20N2OS. The molecule has 0 aromatic heterocycles. The third-order valence-electron chi connectivity index (χ3n) is 4.39. The minimum atomic E-state index is 0.294. The first-order valence-corrected chi connectivity index (χ1v) is 6.97. The summed E-state index contributed by atoms with van der Waals surface area (Å²) in [6, 6.07) is 1.07. The summed E-state index contributed by atoms with van der Waals surface area (Å²) in [5.41, 5.74) is 0. The van der Waals surface area contributed by atoms with Gasteiger partial charge in [-0.15, -0.1) is 0 Å². The predicted molar refractivity (Wildman–Crippen MR) is 66.6 cm³/mol. The van der Waals surface area contributed by atoms with E-state index in [2.05, 4.69) is 22.8 Å². The van der Waals surface area contributed by atoms with Crippen molar-refractivity contribution in [3.05, 3.63) is 0 Å². The molecule has 0 radical (unpaired) electrons. The lowest BCUT2D eigenvalue weighted by molar-refractivity contribution is -0.137. The molecule has 2 atom stereocenters. The van der Waals surface area contributed by atoms with Crippen molar-refractivity contribution in [3.8, 4) is 0 Å². The van der Waals surface area contributed by atoms with E-state index < -0.39 is 0 Å². The van der Waals surface area contributed by atoms with E-state index in [0.717, 1.165) is 38.8 Å². The largest absolute Gasteiger partial charge is 0.337 e. The SMILES string of the molecule is O=C(C1CCC(S)CC1)N1CC2CC1CN2. The molecule has 4 heteroatoms. The molecule has 2 aliphatic heterocycles. The summed E-state index contributed by atoms with van der Waals surface area (Å²) in [6.45, 7) is 1.96. The Morgan fingerprint density at radius 1 is 1.25 bits per heavy atom. The van der Waals surface area contributed by atoms with E-state index in [-0.39, 0.29) is 0 Å². The molecule has 2 heterocycles. The second-order valence-electron chi connectivity index (χ2n) is 5.49. The Bertz CT molecular complexity index is 289. The first-order valence-electron chi connectivity index (χ1n) is 6.46. The molecule has 2 unspecified atom stereocenters. The number of amides is 1. The zero-order valence-electron chi connectivity index (χ0n) is 9.56. The Balaban J connectivity index is 1.61. The predicted octanol–water partition coefficient (Wildman–Crippen LogP) is 1.05. The third-order valence-corrected chi connectivity index (χ3v) is 4.90. The maximum atomic E-state index is 12.4. The molecule has 1 amide bonds. The number of rotatable bonds is 1. The fraction of sp³-hybridized carbons (Fsp3) is 0.917. The molecule has 3 nitrogen and oxygen atoms in total. The molecule has 2 saturated heterocycles. The van der Waals surface area contributed by atoms with Gasteiger partial charge in [-0.1, -0.05) is 0 Å². The van der Waals surface area contributed by atoms with Crippen molar-refractivity contribution in [2.45, 2.75) is 49.4 Å². The highest BCUT2D eigenvalue weighted by atomic mass is 32.1. The zero-order valence-corrected chi connectivity index (χ0v) is 10.5. The van der Waals surface area contributed by atoms with Gasteiger partial charge in [-0.05, 0) is 32.1 Å². The van der Waals surface area contributed by atoms with E-state index in [4.69, 9.17) is 0 Å². The highest BCUT2D eigenvalue weighted by Crippen LogP contribution is 2.32. The van der Waals surface area contributed by atoms with Crippen LogP contribution in [0.2, 0.25) is 0 Å². The van der Waals surface area contributed by atoms with Crippen LogP contribution >= 0.6 is 12.6 Å². The van der Waals surface area contributed by atoms with Crippen LogP contribution in [0.5, 0.6) is 0 Å². The normalized spacial score (nSPS) is 42.7. The van der Waals surface area contributed by atoms with Gasteiger partial charge in [-0.2, -0.15) is 12.6 Å². The number of carbonyl (C=O) groups is 1. The van der Waals surface area contributed by atoms with Crippen LogP contribution in [0.3, 0.4) is 0 Å². The fourth-order valence-electron chi connectivity index (χ4n) is 3.39. The summed E-state index contributed by atoms with van der Waals surface area (Å²) in [5.74, 6) is 0.719. The Morgan fingerprint density at radius 3 is 2.56 bits per heavy atom. The summed E-state index contributed by atoms with van der Waals surface area (Å²) in [6.07, 6.45) is 5.50. The Morgan fingerprint density at radius 2 is 2.00 bits per heavy atom. The molecule has 1 saturated carbocycles. The van der Waals surface area contributed by atoms with Gasteiger partial charge in [0, 0.05) is 36.3 Å². The van der Waals surface area contributed by atoms with E-state index in [9.17, 15) is 4.79 Å². The van der Waals surface area contributed by atoms with Gasteiger partial charge in [0.15, 0.2) is 0 Å². The van der Waals surface area contributed by atoms with Crippen LogP contribution in [0.1, 0.15) is 32.1 Å². The molecule has 3 aliphatic rings. The van der Waals surface area contributed by atoms with Crippen LogP contribution in [-0.2, 0) is 4.79 Å². The lowest BCUT2D eigenvalue weighted by atomic mass is 9.87. The van der Waals surface area contributed by atoms with Crippen molar-refractivity contribution in [3.63, 3.8) is 0 Å². The van der Waals surface area contributed by atoms with E-state index in [1.807, 2.05) is 0 Å². The number of thiol groups is 1. The molecule has 90 valence electrons. The topological polar surface area (TPSA) is 32.3 Å². The van der Waals surface area contributed by atoms with Crippen LogP contribution in [0.4, 0.5) is 0 Å². The average Bonchev–Trinajstić information content (AvgIpc) is 2.91. The van der Waals surface area contributed by atoms with Crippen molar-refractivity contribution in [2.24, 2.45) is 5.92 Å². The van der Waals surface area contributed by atoms with Gasteiger partial charge < -0.3 is 10.2 Å². The van der Waals surface area contributed by atoms with Gasteiger partial charge >= 0.3 is 0 Å². The van der Waals surface area contributed by atoms with Crippen LogP contribution in [0.15, 0.2) is 0 Å². The number of hydrogen-bond donors (Lipinski definition) is 2. The van der Waals surface area contributed by atoms with E-state index in [0.29, 0.717) is 29.2 Å². The van der Waals surface area contributed by atoms with Crippen LogP contribution in [0.25, 0.3) is 0 Å². The average molecular weight is 240 g/mol. The van der Waals surface area contributed by atoms with Crippen molar-refractivity contribution in [1.82, 2.24) is 10.2 Å². The molecular weight excluding hydrogens is 220 g/mol. The molecule has 0 aromatic rings. The van der Waals surface area contributed by atoms with Gasteiger partial charge in [-0.3, -0.25) is 4.79 Å². The molecule has 3 fully saturated rings. The summed E-state index contributed by atoms with van der Waals surface area (Å²) >= 11 is 4.49. The number of carbonyl (C=O) groups excluding carboxylic acids is 1. The summed E-state index contributed by atoms with van der Waals surface area (Å²) in [4.78, 5) is 14.5. The Kier molecular flexibility index (Phi) is 2.88. The van der Waals surface area contributed by atoms with Gasteiger partial charge in [0.05, 0.1) is 0 Å². The molecule has 16 heavy (non-hydrogen) atoms. The first-order chi connectivity index (χ1) is 7.74. The highest BCUT2D eigenvalue weighted by molar-refractivity contribution is 7.80. The monoisotopic (exact) mass is 240 g/mol. The summed E-state index contributed by atoms with van der Waals surface area (Å²) in [7, 11) is 0. The van der Waals surface area contributed by atoms with E-state index in [1.54, 1.807) is 0 Å². The third kappa shape index (κ3) is 1.86. The number of likely N-dealkylation sites (tertiary alicyclic amines) is 1. The molecule has 2 bridgehead atoms. The van der Waals surface area contributed by atoms with Gasteiger partial charge in [0.1, 0.15) is 0 Å². The Labute approximate surface area is 102 Å². The fourth-order valence-corrected chi connectivity index (χ4v) is 3.69. The molecule has 3 rings (SSSR count). The number of hydrogen-bond acceptors (Lipinski definition) is 3. The van der Waals surface area contributed by atoms with Gasteiger partial charge in [0.25, 0.3) is 0 Å². The zero-order chi connectivity index (χ0) is 11.1. The minimum Gasteiger partial charge on any atom is -0.337 e. The van der Waals surface area contributed by atoms with Crippen molar-refractivity contribution < 1.29 is 4.79 Å². The molecule has 0 spiro atoms. The molecule has 1 N–H and O–H groups in total. The number of fused-ring (bicyclic) bond motifs is 2. The lowest BCUT2D eigenvalue weighted by Gasteiger charge is -2.33. The number of piperazine rings is 1. The smallest absolute Gasteiger partial charge is 0.226 e. The van der Waals surface area contributed by atoms with Crippen LogP contribution in [0, 0.1) is 5.92 Å². The minimum absolute atomic E-state index is 0.294. The van der Waals surface area contributed by atoms with Gasteiger partial charge in [-0.25, -0.2) is 0 Å². The standard InChI is InChI=1S/C12H20N2OS/c15-12(8-1-3-11(16)4-2-8)14-7-9-5-10(14)6-13-9/h8-11,13,16H,1-7H2. The maximum absolute atomic E-state index is 12.4. The van der Waals surface area contributed by atoms with Crippen molar-refractivity contribution >= 4 is 18.5 Å². The highest BCUT2D eigenvalue weighted by Gasteiger charge is 2.42. The van der Waals surface area contributed by atoms with Gasteiger partial charge in [0.2, 0.25) is 5.91 Å². The summed E-state index contributed by atoms with van der Waals surface area (Å²) in [5, 5.41) is 3.97. The Hall–Kier alpha value is -0.220. The van der Waals surface area contributed by atoms with Crippen molar-refractivity contribution in [1.29, 1.82) is 0 Å². The van der Waals surface area contributed by atoms with Crippen LogP contribution in [-0.4, -0.2) is 41.2 Å². The van der Waals surface area contributed by atoms with Crippen molar-refractivity contribution in [2.75, 3.05) is 13.1 Å².